The van der Waals surface area contributed by atoms with Crippen molar-refractivity contribution in [2.24, 2.45) is 5.73 Å². The van der Waals surface area contributed by atoms with E-state index in [1.807, 2.05) is 12.3 Å². The molecule has 5 heteroatoms. The quantitative estimate of drug-likeness (QED) is 0.923. The number of halogens is 2. The second-order valence-electron chi connectivity index (χ2n) is 3.47. The maximum atomic E-state index is 13.6. The highest BCUT2D eigenvalue weighted by Gasteiger charge is 2.16. The summed E-state index contributed by atoms with van der Waals surface area (Å²) in [6.45, 7) is 1.89. The van der Waals surface area contributed by atoms with Crippen LogP contribution in [0.1, 0.15) is 22.3 Å². The maximum absolute atomic E-state index is 13.6. The van der Waals surface area contributed by atoms with Gasteiger partial charge in [-0.05, 0) is 25.1 Å². The summed E-state index contributed by atoms with van der Waals surface area (Å²) in [4.78, 5) is 4.27. The zero-order chi connectivity index (χ0) is 11.7. The normalized spacial score (nSPS) is 12.8. The van der Waals surface area contributed by atoms with Crippen LogP contribution in [0.25, 0.3) is 0 Å². The SMILES string of the molecule is Cc1csc(C(N)c2cc(Br)ccc2F)n1. The summed E-state index contributed by atoms with van der Waals surface area (Å²) in [6, 6.07) is 4.24. The number of hydrogen-bond acceptors (Lipinski definition) is 3. The summed E-state index contributed by atoms with van der Waals surface area (Å²) in [6.07, 6.45) is 0. The van der Waals surface area contributed by atoms with E-state index in [9.17, 15) is 4.39 Å². The van der Waals surface area contributed by atoms with Crippen LogP contribution < -0.4 is 5.73 Å². The molecule has 1 aromatic carbocycles. The molecule has 0 fully saturated rings. The van der Waals surface area contributed by atoms with Crippen molar-refractivity contribution in [3.63, 3.8) is 0 Å². The van der Waals surface area contributed by atoms with Crippen molar-refractivity contribution in [2.45, 2.75) is 13.0 Å². The molecule has 2 N–H and O–H groups in total. The standard InChI is InChI=1S/C11H10BrFN2S/c1-6-5-16-11(15-6)10(14)8-4-7(12)2-3-9(8)13/h2-5,10H,14H2,1H3. The Hall–Kier alpha value is -0.780. The molecule has 0 aliphatic rings. The van der Waals surface area contributed by atoms with Crippen LogP contribution in [0, 0.1) is 12.7 Å². The first kappa shape index (κ1) is 11.7. The van der Waals surface area contributed by atoms with Gasteiger partial charge in [0, 0.05) is 21.1 Å². The minimum Gasteiger partial charge on any atom is -0.318 e. The molecule has 1 aromatic heterocycles. The molecule has 0 saturated heterocycles. The Morgan fingerprint density at radius 2 is 2.25 bits per heavy atom. The summed E-state index contributed by atoms with van der Waals surface area (Å²) in [5, 5.41) is 2.64. The molecule has 1 heterocycles. The molecule has 16 heavy (non-hydrogen) atoms. The van der Waals surface area contributed by atoms with Gasteiger partial charge in [0.15, 0.2) is 0 Å². The van der Waals surface area contributed by atoms with Crippen molar-refractivity contribution in [1.82, 2.24) is 4.98 Å². The summed E-state index contributed by atoms with van der Waals surface area (Å²) in [5.74, 6) is -0.302. The van der Waals surface area contributed by atoms with Gasteiger partial charge in [-0.15, -0.1) is 11.3 Å². The second-order valence-corrected chi connectivity index (χ2v) is 5.28. The van der Waals surface area contributed by atoms with E-state index >= 15 is 0 Å². The van der Waals surface area contributed by atoms with E-state index in [1.165, 1.54) is 17.4 Å². The highest BCUT2D eigenvalue weighted by atomic mass is 79.9. The third kappa shape index (κ3) is 2.31. The molecule has 1 atom stereocenters. The van der Waals surface area contributed by atoms with Crippen molar-refractivity contribution < 1.29 is 4.39 Å². The lowest BCUT2D eigenvalue weighted by Crippen LogP contribution is -2.13. The van der Waals surface area contributed by atoms with Crippen LogP contribution >= 0.6 is 27.3 Å². The van der Waals surface area contributed by atoms with Crippen LogP contribution in [0.4, 0.5) is 4.39 Å². The van der Waals surface area contributed by atoms with Crippen molar-refractivity contribution in [3.8, 4) is 0 Å². The summed E-state index contributed by atoms with van der Waals surface area (Å²) in [7, 11) is 0. The van der Waals surface area contributed by atoms with Gasteiger partial charge in [-0.2, -0.15) is 0 Å². The van der Waals surface area contributed by atoms with Crippen LogP contribution in [0.2, 0.25) is 0 Å². The van der Waals surface area contributed by atoms with E-state index in [4.69, 9.17) is 5.73 Å². The van der Waals surface area contributed by atoms with Crippen LogP contribution in [-0.2, 0) is 0 Å². The van der Waals surface area contributed by atoms with Crippen LogP contribution in [0.3, 0.4) is 0 Å². The van der Waals surface area contributed by atoms with Crippen molar-refractivity contribution in [1.29, 1.82) is 0 Å². The largest absolute Gasteiger partial charge is 0.318 e. The van der Waals surface area contributed by atoms with E-state index in [0.717, 1.165) is 15.2 Å². The fourth-order valence-corrected chi connectivity index (χ4v) is 2.59. The third-order valence-corrected chi connectivity index (χ3v) is 3.73. The number of hydrogen-bond donors (Lipinski definition) is 1. The van der Waals surface area contributed by atoms with E-state index in [-0.39, 0.29) is 5.82 Å². The Labute approximate surface area is 105 Å². The zero-order valence-corrected chi connectivity index (χ0v) is 11.0. The number of aromatic nitrogens is 1. The Kier molecular flexibility index (Phi) is 3.37. The van der Waals surface area contributed by atoms with E-state index < -0.39 is 6.04 Å². The first-order valence-corrected chi connectivity index (χ1v) is 6.38. The molecular formula is C11H10BrFN2S. The minimum absolute atomic E-state index is 0.302. The predicted octanol–water partition coefficient (Wildman–Crippen LogP) is 3.40. The molecule has 0 saturated carbocycles. The number of aryl methyl sites for hydroxylation is 1. The van der Waals surface area contributed by atoms with Gasteiger partial charge in [0.2, 0.25) is 0 Å². The number of thiazole rings is 1. The van der Waals surface area contributed by atoms with Crippen LogP contribution in [0.15, 0.2) is 28.1 Å². The summed E-state index contributed by atoms with van der Waals surface area (Å²) < 4.78 is 14.4. The maximum Gasteiger partial charge on any atom is 0.128 e. The van der Waals surface area contributed by atoms with Gasteiger partial charge in [-0.1, -0.05) is 15.9 Å². The van der Waals surface area contributed by atoms with E-state index in [1.54, 1.807) is 12.1 Å². The molecule has 0 spiro atoms. The van der Waals surface area contributed by atoms with Gasteiger partial charge in [-0.3, -0.25) is 0 Å². The Bertz CT molecular complexity index is 512. The molecule has 84 valence electrons. The van der Waals surface area contributed by atoms with Gasteiger partial charge >= 0.3 is 0 Å². The molecule has 2 aromatic rings. The number of rotatable bonds is 2. The third-order valence-electron chi connectivity index (χ3n) is 2.20. The molecule has 0 aliphatic heterocycles. The zero-order valence-electron chi connectivity index (χ0n) is 8.58. The van der Waals surface area contributed by atoms with Crippen molar-refractivity contribution >= 4 is 27.3 Å². The average Bonchev–Trinajstić information content (AvgIpc) is 2.67. The minimum atomic E-state index is -0.504. The number of nitrogens with two attached hydrogens (primary N) is 1. The first-order valence-electron chi connectivity index (χ1n) is 4.70. The van der Waals surface area contributed by atoms with Crippen LogP contribution in [-0.4, -0.2) is 4.98 Å². The molecule has 0 amide bonds. The Morgan fingerprint density at radius 1 is 1.50 bits per heavy atom. The lowest BCUT2D eigenvalue weighted by atomic mass is 10.1. The van der Waals surface area contributed by atoms with Crippen LogP contribution in [0.5, 0.6) is 0 Å². The average molecular weight is 301 g/mol. The second kappa shape index (κ2) is 4.61. The number of benzene rings is 1. The smallest absolute Gasteiger partial charge is 0.128 e. The van der Waals surface area contributed by atoms with Gasteiger partial charge in [0.25, 0.3) is 0 Å². The molecule has 0 radical (unpaired) electrons. The monoisotopic (exact) mass is 300 g/mol. The summed E-state index contributed by atoms with van der Waals surface area (Å²) in [5.41, 5.74) is 7.36. The van der Waals surface area contributed by atoms with Crippen molar-refractivity contribution in [2.75, 3.05) is 0 Å². The van der Waals surface area contributed by atoms with E-state index in [2.05, 4.69) is 20.9 Å². The molecule has 2 nitrogen and oxygen atoms in total. The number of nitrogens with zero attached hydrogens (tertiary/aromatic N) is 1. The molecule has 2 rings (SSSR count). The predicted molar refractivity (Wildman–Crippen MR) is 67.0 cm³/mol. The Balaban J connectivity index is 2.40. The lowest BCUT2D eigenvalue weighted by Gasteiger charge is -2.10. The fourth-order valence-electron chi connectivity index (χ4n) is 1.40. The van der Waals surface area contributed by atoms with Gasteiger partial charge in [0.1, 0.15) is 10.8 Å². The summed E-state index contributed by atoms with van der Waals surface area (Å²) >= 11 is 4.75. The molecule has 1 unspecified atom stereocenters. The highest BCUT2D eigenvalue weighted by molar-refractivity contribution is 9.10. The molecule has 0 aliphatic carbocycles. The van der Waals surface area contributed by atoms with Gasteiger partial charge in [0.05, 0.1) is 6.04 Å². The Morgan fingerprint density at radius 3 is 2.88 bits per heavy atom. The fraction of sp³-hybridized carbons (Fsp3) is 0.182. The van der Waals surface area contributed by atoms with Gasteiger partial charge < -0.3 is 5.73 Å². The first-order chi connectivity index (χ1) is 7.58. The van der Waals surface area contributed by atoms with Gasteiger partial charge in [-0.25, -0.2) is 9.37 Å². The molecular weight excluding hydrogens is 291 g/mol. The highest BCUT2D eigenvalue weighted by Crippen LogP contribution is 2.27. The van der Waals surface area contributed by atoms with Crippen molar-refractivity contribution in [3.05, 3.63) is 50.1 Å². The topological polar surface area (TPSA) is 38.9 Å². The van der Waals surface area contributed by atoms with E-state index in [0.29, 0.717) is 5.56 Å². The lowest BCUT2D eigenvalue weighted by molar-refractivity contribution is 0.598. The molecule has 0 bridgehead atoms.